The molecule has 0 bridgehead atoms. The minimum Gasteiger partial charge on any atom is -0.465 e. The number of nitrogens with one attached hydrogen (secondary N) is 3. The number of hydrogen-bond acceptors (Lipinski definition) is 5. The van der Waals surface area contributed by atoms with Crippen molar-refractivity contribution in [2.24, 2.45) is 0 Å². The Balaban J connectivity index is 1.67. The van der Waals surface area contributed by atoms with Crippen LogP contribution in [0.4, 0.5) is 5.69 Å². The zero-order valence-electron chi connectivity index (χ0n) is 13.6. The van der Waals surface area contributed by atoms with Gasteiger partial charge in [0.1, 0.15) is 6.04 Å². The van der Waals surface area contributed by atoms with Gasteiger partial charge in [0.25, 0.3) is 0 Å². The second kappa shape index (κ2) is 7.65. The summed E-state index contributed by atoms with van der Waals surface area (Å²) in [6, 6.07) is 13.8. The summed E-state index contributed by atoms with van der Waals surface area (Å²) in [6.45, 7) is 0. The molecular formula is C18H18ClN3O3. The zero-order chi connectivity index (χ0) is 17.8. The van der Waals surface area contributed by atoms with Gasteiger partial charge in [0, 0.05) is 11.1 Å². The van der Waals surface area contributed by atoms with E-state index in [1.165, 1.54) is 7.11 Å². The quantitative estimate of drug-likeness (QED) is 0.731. The van der Waals surface area contributed by atoms with E-state index in [1.807, 2.05) is 24.3 Å². The average molecular weight is 360 g/mol. The topological polar surface area (TPSA) is 79.5 Å². The molecule has 1 saturated heterocycles. The molecule has 0 spiro atoms. The van der Waals surface area contributed by atoms with E-state index in [-0.39, 0.29) is 11.9 Å². The number of anilines is 1. The van der Waals surface area contributed by atoms with Gasteiger partial charge in [0.15, 0.2) is 0 Å². The SMILES string of the molecule is COC(=O)c1ccccc1NC(=O)C1CC(c2ccc(Cl)cc2)NN1. The van der Waals surface area contributed by atoms with Crippen LogP contribution < -0.4 is 16.2 Å². The maximum absolute atomic E-state index is 12.5. The van der Waals surface area contributed by atoms with Gasteiger partial charge in [0.05, 0.1) is 18.4 Å². The molecule has 2 atom stereocenters. The maximum Gasteiger partial charge on any atom is 0.339 e. The molecule has 2 aromatic rings. The van der Waals surface area contributed by atoms with Gasteiger partial charge in [-0.1, -0.05) is 35.9 Å². The van der Waals surface area contributed by atoms with Crippen molar-refractivity contribution in [3.63, 3.8) is 0 Å². The molecule has 3 rings (SSSR count). The van der Waals surface area contributed by atoms with Gasteiger partial charge in [-0.25, -0.2) is 15.6 Å². The molecular weight excluding hydrogens is 342 g/mol. The average Bonchev–Trinajstić information content (AvgIpc) is 3.12. The van der Waals surface area contributed by atoms with Crippen LogP contribution in [-0.2, 0) is 9.53 Å². The van der Waals surface area contributed by atoms with Gasteiger partial charge >= 0.3 is 5.97 Å². The van der Waals surface area contributed by atoms with Crippen LogP contribution in [0.5, 0.6) is 0 Å². The molecule has 2 unspecified atom stereocenters. The van der Waals surface area contributed by atoms with Crippen LogP contribution in [-0.4, -0.2) is 25.0 Å². The first-order valence-corrected chi connectivity index (χ1v) is 8.21. The lowest BCUT2D eigenvalue weighted by Gasteiger charge is -2.13. The number of amides is 1. The lowest BCUT2D eigenvalue weighted by Crippen LogP contribution is -2.39. The van der Waals surface area contributed by atoms with Crippen LogP contribution in [0.15, 0.2) is 48.5 Å². The number of ether oxygens (including phenoxy) is 1. The Morgan fingerprint density at radius 2 is 1.84 bits per heavy atom. The lowest BCUT2D eigenvalue weighted by molar-refractivity contribution is -0.117. The molecule has 1 heterocycles. The lowest BCUT2D eigenvalue weighted by atomic mass is 10.0. The van der Waals surface area contributed by atoms with Crippen molar-refractivity contribution < 1.29 is 14.3 Å². The number of rotatable bonds is 4. The predicted molar refractivity (Wildman–Crippen MR) is 95.3 cm³/mol. The van der Waals surface area contributed by atoms with E-state index in [1.54, 1.807) is 24.3 Å². The van der Waals surface area contributed by atoms with E-state index in [0.29, 0.717) is 22.7 Å². The molecule has 25 heavy (non-hydrogen) atoms. The first kappa shape index (κ1) is 17.4. The summed E-state index contributed by atoms with van der Waals surface area (Å²) in [5, 5.41) is 3.46. The Labute approximate surface area is 150 Å². The molecule has 1 aliphatic heterocycles. The van der Waals surface area contributed by atoms with Gasteiger partial charge < -0.3 is 10.1 Å². The number of carbonyl (C=O) groups is 2. The van der Waals surface area contributed by atoms with Gasteiger partial charge in [-0.05, 0) is 36.2 Å². The number of hydrazine groups is 1. The van der Waals surface area contributed by atoms with Crippen molar-refractivity contribution >= 4 is 29.2 Å². The van der Waals surface area contributed by atoms with Crippen LogP contribution in [0.1, 0.15) is 28.4 Å². The van der Waals surface area contributed by atoms with Crippen molar-refractivity contribution in [2.45, 2.75) is 18.5 Å². The van der Waals surface area contributed by atoms with E-state index in [9.17, 15) is 9.59 Å². The van der Waals surface area contributed by atoms with E-state index in [0.717, 1.165) is 5.56 Å². The number of benzene rings is 2. The van der Waals surface area contributed by atoms with Gasteiger partial charge in [-0.3, -0.25) is 4.79 Å². The molecule has 1 aliphatic rings. The number of methoxy groups -OCH3 is 1. The van der Waals surface area contributed by atoms with E-state index in [2.05, 4.69) is 16.2 Å². The Bertz CT molecular complexity index is 779. The Hall–Kier alpha value is -2.41. The molecule has 1 fully saturated rings. The molecule has 7 heteroatoms. The van der Waals surface area contributed by atoms with Crippen LogP contribution in [0.2, 0.25) is 5.02 Å². The first-order valence-electron chi connectivity index (χ1n) is 7.83. The van der Waals surface area contributed by atoms with E-state index >= 15 is 0 Å². The molecule has 3 N–H and O–H groups in total. The highest BCUT2D eigenvalue weighted by Crippen LogP contribution is 2.25. The fraction of sp³-hybridized carbons (Fsp3) is 0.222. The minimum atomic E-state index is -0.493. The molecule has 0 radical (unpaired) electrons. The molecule has 0 saturated carbocycles. The van der Waals surface area contributed by atoms with Crippen molar-refractivity contribution in [3.05, 3.63) is 64.7 Å². The third kappa shape index (κ3) is 3.99. The Kier molecular flexibility index (Phi) is 5.33. The normalized spacial score (nSPS) is 19.4. The van der Waals surface area contributed by atoms with Crippen LogP contribution in [0.25, 0.3) is 0 Å². The number of halogens is 1. The highest BCUT2D eigenvalue weighted by Gasteiger charge is 2.30. The molecule has 1 amide bonds. The monoisotopic (exact) mass is 359 g/mol. The van der Waals surface area contributed by atoms with Crippen molar-refractivity contribution in [2.75, 3.05) is 12.4 Å². The summed E-state index contributed by atoms with van der Waals surface area (Å²) in [5.74, 6) is -0.715. The van der Waals surface area contributed by atoms with Crippen molar-refractivity contribution in [3.8, 4) is 0 Å². The largest absolute Gasteiger partial charge is 0.465 e. The van der Waals surface area contributed by atoms with Gasteiger partial charge in [0.2, 0.25) is 5.91 Å². The molecule has 130 valence electrons. The summed E-state index contributed by atoms with van der Waals surface area (Å²) in [5.41, 5.74) is 7.89. The summed E-state index contributed by atoms with van der Waals surface area (Å²) in [6.07, 6.45) is 0.577. The maximum atomic E-state index is 12.5. The number of carbonyl (C=O) groups excluding carboxylic acids is 2. The minimum absolute atomic E-state index is 0.00358. The highest BCUT2D eigenvalue weighted by molar-refractivity contribution is 6.30. The molecule has 0 aliphatic carbocycles. The summed E-state index contributed by atoms with van der Waals surface area (Å²) in [4.78, 5) is 24.3. The molecule has 0 aromatic heterocycles. The highest BCUT2D eigenvalue weighted by atomic mass is 35.5. The Morgan fingerprint density at radius 1 is 1.12 bits per heavy atom. The van der Waals surface area contributed by atoms with Crippen LogP contribution >= 0.6 is 11.6 Å². The second-order valence-electron chi connectivity index (χ2n) is 5.71. The number of para-hydroxylation sites is 1. The Morgan fingerprint density at radius 3 is 2.56 bits per heavy atom. The van der Waals surface area contributed by atoms with Crippen LogP contribution in [0, 0.1) is 0 Å². The zero-order valence-corrected chi connectivity index (χ0v) is 14.3. The third-order valence-corrected chi connectivity index (χ3v) is 4.33. The summed E-state index contributed by atoms with van der Waals surface area (Å²) >= 11 is 5.90. The number of hydrogen-bond donors (Lipinski definition) is 3. The fourth-order valence-corrected chi connectivity index (χ4v) is 2.87. The van der Waals surface area contributed by atoms with E-state index in [4.69, 9.17) is 16.3 Å². The second-order valence-corrected chi connectivity index (χ2v) is 6.14. The van der Waals surface area contributed by atoms with Crippen molar-refractivity contribution in [1.82, 2.24) is 10.9 Å². The first-order chi connectivity index (χ1) is 12.1. The van der Waals surface area contributed by atoms with Crippen molar-refractivity contribution in [1.29, 1.82) is 0 Å². The smallest absolute Gasteiger partial charge is 0.339 e. The van der Waals surface area contributed by atoms with Crippen LogP contribution in [0.3, 0.4) is 0 Å². The van der Waals surface area contributed by atoms with Gasteiger partial charge in [-0.15, -0.1) is 0 Å². The number of esters is 1. The summed E-state index contributed by atoms with van der Waals surface area (Å²) in [7, 11) is 1.31. The standard InChI is InChI=1S/C18H18ClN3O3/c1-25-18(24)13-4-2-3-5-14(13)20-17(23)16-10-15(21-22-16)11-6-8-12(19)9-7-11/h2-9,15-16,21-22H,10H2,1H3,(H,20,23). The third-order valence-electron chi connectivity index (χ3n) is 4.08. The predicted octanol–water partition coefficient (Wildman–Crippen LogP) is 2.67. The fourth-order valence-electron chi connectivity index (χ4n) is 2.74. The molecule has 2 aromatic carbocycles. The molecule has 6 nitrogen and oxygen atoms in total. The van der Waals surface area contributed by atoms with E-state index < -0.39 is 12.0 Å². The van der Waals surface area contributed by atoms with Gasteiger partial charge in [-0.2, -0.15) is 0 Å². The summed E-state index contributed by atoms with van der Waals surface area (Å²) < 4.78 is 4.74.